The predicted molar refractivity (Wildman–Crippen MR) is 108 cm³/mol. The number of nitrogens with one attached hydrogen (secondary N) is 1. The van der Waals surface area contributed by atoms with Crippen molar-refractivity contribution in [3.05, 3.63) is 64.4 Å². The smallest absolute Gasteiger partial charge is 1.00 e. The first-order chi connectivity index (χ1) is 11.3. The zero-order valence-electron chi connectivity index (χ0n) is 17.5. The van der Waals surface area contributed by atoms with Crippen molar-refractivity contribution in [3.63, 3.8) is 0 Å². The van der Waals surface area contributed by atoms with Crippen molar-refractivity contribution in [3.8, 4) is 0 Å². The summed E-state index contributed by atoms with van der Waals surface area (Å²) in [6, 6.07) is 5.85. The van der Waals surface area contributed by atoms with E-state index < -0.39 is 5.91 Å². The molecule has 0 saturated heterocycles. The molecule has 2 nitrogen and oxygen atoms in total. The van der Waals surface area contributed by atoms with Gasteiger partial charge < -0.3 is 35.3 Å². The molecule has 1 radical (unpaired) electrons. The third kappa shape index (κ3) is 13.5. The molecule has 2 rings (SSSR count). The summed E-state index contributed by atoms with van der Waals surface area (Å²) in [7, 11) is 0.750. The summed E-state index contributed by atoms with van der Waals surface area (Å²) < 4.78 is 0. The van der Waals surface area contributed by atoms with Gasteiger partial charge in [0, 0.05) is 15.1 Å². The van der Waals surface area contributed by atoms with E-state index in [-0.39, 0.29) is 58.4 Å². The summed E-state index contributed by atoms with van der Waals surface area (Å²) in [5, 5.41) is 0. The minimum Gasteiger partial charge on any atom is -1.00 e. The monoisotopic (exact) mass is 460 g/mol. The van der Waals surface area contributed by atoms with Crippen LogP contribution in [0.1, 0.15) is 74.4 Å². The largest absolute Gasteiger partial charge is 4.00 e. The van der Waals surface area contributed by atoms with Gasteiger partial charge in [0.1, 0.15) is 0 Å². The maximum absolute atomic E-state index is 11.4. The molecule has 27 heavy (non-hydrogen) atoms. The number of hydrogen-bond donors (Lipinski definition) is 0. The van der Waals surface area contributed by atoms with E-state index in [0.29, 0.717) is 5.56 Å². The Morgan fingerprint density at radius 2 is 1.48 bits per heavy atom. The van der Waals surface area contributed by atoms with Crippen LogP contribution in [0, 0.1) is 6.08 Å². The van der Waals surface area contributed by atoms with Crippen molar-refractivity contribution < 1.29 is 51.3 Å². The Labute approximate surface area is 196 Å². The first-order valence-corrected chi connectivity index (χ1v) is 10.9. The summed E-state index contributed by atoms with van der Waals surface area (Å²) in [6.45, 7) is 14.7. The Bertz CT molecular complexity index is 559. The maximum atomic E-state index is 11.4. The van der Waals surface area contributed by atoms with Gasteiger partial charge in [-0.15, -0.1) is 13.3 Å². The van der Waals surface area contributed by atoms with Crippen LogP contribution >= 0.6 is 0 Å². The van der Waals surface area contributed by atoms with E-state index in [2.05, 4.69) is 32.2 Å². The van der Waals surface area contributed by atoms with Crippen LogP contribution in [0.4, 0.5) is 0 Å². The number of halogens is 2. The van der Waals surface area contributed by atoms with E-state index in [1.807, 2.05) is 52.0 Å². The first kappa shape index (κ1) is 34.2. The van der Waals surface area contributed by atoms with Gasteiger partial charge in [-0.25, -0.2) is 11.6 Å². The molecule has 1 N–H and O–H groups in total. The fourth-order valence-electron chi connectivity index (χ4n) is 2.31. The average Bonchev–Trinajstić information content (AvgIpc) is 2.98. The molecule has 1 aliphatic carbocycles. The summed E-state index contributed by atoms with van der Waals surface area (Å²) in [5.41, 5.74) is 11.3. The van der Waals surface area contributed by atoms with E-state index in [0.717, 1.165) is 27.1 Å². The molecule has 0 atom stereocenters. The zero-order valence-corrected chi connectivity index (χ0v) is 21.7. The van der Waals surface area contributed by atoms with Crippen molar-refractivity contribution in [2.75, 3.05) is 0 Å². The van der Waals surface area contributed by atoms with Crippen molar-refractivity contribution in [2.24, 2.45) is 0 Å². The Kier molecular flexibility index (Phi) is 24.1. The normalized spacial score (nSPS) is 10.9. The predicted octanol–water partition coefficient (Wildman–Crippen LogP) is 0.346. The second-order valence-electron chi connectivity index (χ2n) is 6.53. The van der Waals surface area contributed by atoms with Gasteiger partial charge >= 0.3 is 21.7 Å². The Morgan fingerprint density at radius 3 is 1.67 bits per heavy atom. The molecule has 0 spiro atoms. The number of hydrogen-bond acceptors (Lipinski definition) is 1. The molecule has 1 aromatic rings. The molecule has 6 heteroatoms. The second kappa shape index (κ2) is 19.0. The van der Waals surface area contributed by atoms with Crippen molar-refractivity contribution in [1.82, 2.24) is 0 Å². The van der Waals surface area contributed by atoms with Gasteiger partial charge in [0.15, 0.2) is 0 Å². The van der Waals surface area contributed by atoms with Crippen LogP contribution in [-0.4, -0.2) is 15.4 Å². The van der Waals surface area contributed by atoms with E-state index in [1.165, 1.54) is 5.57 Å². The number of benzene rings is 1. The number of rotatable bonds is 3. The van der Waals surface area contributed by atoms with Gasteiger partial charge in [-0.05, 0) is 23.0 Å². The Balaban J connectivity index is -0.000000186. The van der Waals surface area contributed by atoms with Crippen LogP contribution in [0.3, 0.4) is 0 Å². The van der Waals surface area contributed by atoms with Crippen LogP contribution in [-0.2, 0) is 21.7 Å². The van der Waals surface area contributed by atoms with E-state index in [1.54, 1.807) is 0 Å². The van der Waals surface area contributed by atoms with Gasteiger partial charge in [-0.2, -0.15) is 6.08 Å². The fourth-order valence-corrected chi connectivity index (χ4v) is 2.31. The third-order valence-corrected chi connectivity index (χ3v) is 3.47. The van der Waals surface area contributed by atoms with Crippen LogP contribution in [0.5, 0.6) is 0 Å². The Hall–Kier alpha value is -0.319. The van der Waals surface area contributed by atoms with Crippen LogP contribution < -0.4 is 24.8 Å². The minimum atomic E-state index is -0.567. The fraction of sp³-hybridized carbons (Fsp3) is 0.476. The molecule has 0 aliphatic heterocycles. The third-order valence-electron chi connectivity index (χ3n) is 3.47. The first-order valence-electron chi connectivity index (χ1n) is 8.62. The standard InChI is InChI=1S/C13H19NO.C6H7.C2H7Si.2ClH.Ti/c1-8(2)10-6-5-7-11(9(3)4)12(10)13(14)15;1-6-4-2-3-5-6;1-3-2;;;/h5-9H,1-4H3,(H2,14,15);4-5H,2H2,1H3;3H,1-2H3;2*1H;/q;-1;;;;+4/p-3. The van der Waals surface area contributed by atoms with Crippen molar-refractivity contribution in [1.29, 1.82) is 0 Å². The molecule has 149 valence electrons. The Morgan fingerprint density at radius 1 is 1.07 bits per heavy atom. The average molecular weight is 461 g/mol. The zero-order chi connectivity index (χ0) is 18.7. The molecular formula is C21H32Cl2NOSiTi. The molecule has 1 aliphatic rings. The van der Waals surface area contributed by atoms with Gasteiger partial charge in [-0.1, -0.05) is 59.0 Å². The molecular weight excluding hydrogens is 429 g/mol. The summed E-state index contributed by atoms with van der Waals surface area (Å²) in [6.07, 6.45) is 8.24. The summed E-state index contributed by atoms with van der Waals surface area (Å²) in [5.74, 6) is 0.00370. The van der Waals surface area contributed by atoms with Crippen molar-refractivity contribution in [2.45, 2.75) is 66.0 Å². The van der Waals surface area contributed by atoms with Gasteiger partial charge in [0.25, 0.3) is 0 Å². The second-order valence-corrected chi connectivity index (χ2v) is 7.68. The molecule has 0 heterocycles. The SMILES string of the molecule is CC(C)c1cccc(C(C)C)c1C([NH-])=O.CC1=CC[C-]=C1.C[SiH]C.[Cl-].[Cl-].[Ti+4]. The molecule has 0 unspecified atom stereocenters. The topological polar surface area (TPSA) is 40.9 Å². The van der Waals surface area contributed by atoms with E-state index in [4.69, 9.17) is 5.73 Å². The van der Waals surface area contributed by atoms with Gasteiger partial charge in [0.05, 0.1) is 5.91 Å². The minimum absolute atomic E-state index is 0. The van der Waals surface area contributed by atoms with Crippen molar-refractivity contribution >= 4 is 15.4 Å². The van der Waals surface area contributed by atoms with E-state index >= 15 is 0 Å². The van der Waals surface area contributed by atoms with E-state index in [9.17, 15) is 4.79 Å². The summed E-state index contributed by atoms with van der Waals surface area (Å²) >= 11 is 0. The van der Waals surface area contributed by atoms with Crippen LogP contribution in [0.25, 0.3) is 5.73 Å². The summed E-state index contributed by atoms with van der Waals surface area (Å²) in [4.78, 5) is 11.4. The maximum Gasteiger partial charge on any atom is 4.00 e. The van der Waals surface area contributed by atoms with Gasteiger partial charge in [0.2, 0.25) is 0 Å². The molecule has 1 aromatic carbocycles. The number of carbonyl (C=O) groups excluding carboxylic acids is 1. The number of amides is 1. The molecule has 0 aromatic heterocycles. The number of carbonyl (C=O) groups is 1. The number of allylic oxidation sites excluding steroid dienone is 4. The van der Waals surface area contributed by atoms with Crippen LogP contribution in [0.15, 0.2) is 35.9 Å². The molecule has 0 fully saturated rings. The molecule has 0 saturated carbocycles. The molecule has 0 bridgehead atoms. The van der Waals surface area contributed by atoms with Crippen LogP contribution in [0.2, 0.25) is 13.1 Å². The molecule has 1 amide bonds. The van der Waals surface area contributed by atoms with Gasteiger partial charge in [-0.3, -0.25) is 6.08 Å². The quantitative estimate of drug-likeness (QED) is 0.473.